The molecule has 1 aromatic heterocycles. The zero-order valence-corrected chi connectivity index (χ0v) is 6.67. The Morgan fingerprint density at radius 2 is 2.15 bits per heavy atom. The molecule has 1 rings (SSSR count). The van der Waals surface area contributed by atoms with Crippen LogP contribution in [-0.4, -0.2) is 27.5 Å². The highest BCUT2D eigenvalue weighted by Crippen LogP contribution is 2.22. The number of hydrogen-bond acceptors (Lipinski definition) is 4. The van der Waals surface area contributed by atoms with Crippen LogP contribution in [0.4, 0.5) is 13.2 Å². The number of halogens is 3. The topological polar surface area (TPSA) is 59.2 Å². The molecule has 1 atom stereocenters. The Morgan fingerprint density at radius 1 is 1.54 bits per heavy atom. The van der Waals surface area contributed by atoms with Gasteiger partial charge in [-0.25, -0.2) is 0 Å². The summed E-state index contributed by atoms with van der Waals surface area (Å²) in [6.45, 7) is 1.48. The van der Waals surface area contributed by atoms with E-state index in [1.807, 2.05) is 0 Å². The molecular weight excluding hydrogens is 189 g/mol. The van der Waals surface area contributed by atoms with Gasteiger partial charge < -0.3 is 9.63 Å². The number of aliphatic hydroxyl groups is 1. The largest absolute Gasteiger partial charge is 0.414 e. The maximum atomic E-state index is 11.8. The summed E-state index contributed by atoms with van der Waals surface area (Å²) in [7, 11) is 0. The highest BCUT2D eigenvalue weighted by Gasteiger charge is 2.39. The predicted molar refractivity (Wildman–Crippen MR) is 34.8 cm³/mol. The minimum absolute atomic E-state index is 0.220. The van der Waals surface area contributed by atoms with Gasteiger partial charge in [0.2, 0.25) is 5.89 Å². The first-order chi connectivity index (χ1) is 5.89. The Labute approximate surface area is 71.4 Å². The van der Waals surface area contributed by atoms with Gasteiger partial charge in [-0.2, -0.15) is 18.2 Å². The van der Waals surface area contributed by atoms with Gasteiger partial charge in [0.25, 0.3) is 0 Å². The molecule has 7 heteroatoms. The molecule has 0 radical (unpaired) electrons. The Morgan fingerprint density at radius 3 is 2.54 bits per heavy atom. The van der Waals surface area contributed by atoms with Gasteiger partial charge in [-0.3, -0.25) is 0 Å². The summed E-state index contributed by atoms with van der Waals surface area (Å²) in [6, 6.07) is 0. The van der Waals surface area contributed by atoms with Crippen molar-refractivity contribution in [1.82, 2.24) is 10.1 Å². The van der Waals surface area contributed by atoms with E-state index in [-0.39, 0.29) is 11.7 Å². The lowest BCUT2D eigenvalue weighted by molar-refractivity contribution is -0.204. The summed E-state index contributed by atoms with van der Waals surface area (Å²) in [5.41, 5.74) is 0. The lowest BCUT2D eigenvalue weighted by Gasteiger charge is -2.11. The lowest BCUT2D eigenvalue weighted by atomic mass is 10.2. The standard InChI is InChI=1S/C6H7F3N2O2/c1-3-10-5(13-11-3)2-4(12)6(7,8)9/h4,12H,2H2,1H3. The molecule has 1 N–H and O–H groups in total. The van der Waals surface area contributed by atoms with Gasteiger partial charge in [0.05, 0.1) is 6.42 Å². The molecule has 74 valence electrons. The van der Waals surface area contributed by atoms with Gasteiger partial charge in [-0.05, 0) is 6.92 Å². The van der Waals surface area contributed by atoms with E-state index < -0.39 is 18.7 Å². The molecule has 13 heavy (non-hydrogen) atoms. The lowest BCUT2D eigenvalue weighted by Crippen LogP contribution is -2.30. The van der Waals surface area contributed by atoms with Crippen molar-refractivity contribution in [3.05, 3.63) is 11.7 Å². The van der Waals surface area contributed by atoms with E-state index in [0.29, 0.717) is 0 Å². The number of hydrogen-bond donors (Lipinski definition) is 1. The molecule has 0 aliphatic rings. The van der Waals surface area contributed by atoms with E-state index in [1.54, 1.807) is 0 Å². The molecule has 4 nitrogen and oxygen atoms in total. The minimum Gasteiger partial charge on any atom is -0.383 e. The second kappa shape index (κ2) is 3.33. The number of rotatable bonds is 2. The quantitative estimate of drug-likeness (QED) is 0.761. The van der Waals surface area contributed by atoms with Crippen molar-refractivity contribution >= 4 is 0 Å². The summed E-state index contributed by atoms with van der Waals surface area (Å²) in [6.07, 6.45) is -7.81. The molecule has 0 aromatic carbocycles. The number of aryl methyl sites for hydroxylation is 1. The van der Waals surface area contributed by atoms with Crippen molar-refractivity contribution in [3.63, 3.8) is 0 Å². The van der Waals surface area contributed by atoms with Crippen molar-refractivity contribution in [2.75, 3.05) is 0 Å². The van der Waals surface area contributed by atoms with E-state index in [1.165, 1.54) is 6.92 Å². The molecule has 1 aromatic rings. The SMILES string of the molecule is Cc1noc(CC(O)C(F)(F)F)n1. The zero-order chi connectivity index (χ0) is 10.1. The fourth-order valence-electron chi connectivity index (χ4n) is 0.704. The van der Waals surface area contributed by atoms with Gasteiger partial charge >= 0.3 is 6.18 Å². The van der Waals surface area contributed by atoms with Crippen LogP contribution in [0.15, 0.2) is 4.52 Å². The Bertz CT molecular complexity index is 284. The summed E-state index contributed by atoms with van der Waals surface area (Å²) >= 11 is 0. The molecular formula is C6H7F3N2O2. The van der Waals surface area contributed by atoms with E-state index >= 15 is 0 Å². The summed E-state index contributed by atoms with van der Waals surface area (Å²) < 4.78 is 39.8. The second-order valence-electron chi connectivity index (χ2n) is 2.50. The zero-order valence-electron chi connectivity index (χ0n) is 6.67. The fourth-order valence-corrected chi connectivity index (χ4v) is 0.704. The Balaban J connectivity index is 2.60. The van der Waals surface area contributed by atoms with Crippen LogP contribution in [0.25, 0.3) is 0 Å². The van der Waals surface area contributed by atoms with Crippen LogP contribution >= 0.6 is 0 Å². The summed E-state index contributed by atoms with van der Waals surface area (Å²) in [5, 5.41) is 11.9. The molecule has 0 spiro atoms. The maximum Gasteiger partial charge on any atom is 0.414 e. The first kappa shape index (κ1) is 9.97. The monoisotopic (exact) mass is 196 g/mol. The van der Waals surface area contributed by atoms with Crippen LogP contribution in [-0.2, 0) is 6.42 Å². The van der Waals surface area contributed by atoms with Gasteiger partial charge in [0.1, 0.15) is 0 Å². The fraction of sp³-hybridized carbons (Fsp3) is 0.667. The van der Waals surface area contributed by atoms with Gasteiger partial charge in [0.15, 0.2) is 11.9 Å². The molecule has 0 aliphatic carbocycles. The maximum absolute atomic E-state index is 11.8. The van der Waals surface area contributed by atoms with Crippen LogP contribution in [0.3, 0.4) is 0 Å². The Kier molecular flexibility index (Phi) is 2.55. The first-order valence-electron chi connectivity index (χ1n) is 3.43. The van der Waals surface area contributed by atoms with Crippen LogP contribution in [0, 0.1) is 6.92 Å². The van der Waals surface area contributed by atoms with E-state index in [4.69, 9.17) is 5.11 Å². The molecule has 0 amide bonds. The highest BCUT2D eigenvalue weighted by molar-refractivity contribution is 4.86. The average molecular weight is 196 g/mol. The van der Waals surface area contributed by atoms with Gasteiger partial charge in [0, 0.05) is 0 Å². The average Bonchev–Trinajstić information content (AvgIpc) is 2.33. The van der Waals surface area contributed by atoms with Crippen molar-refractivity contribution < 1.29 is 22.8 Å². The molecule has 1 heterocycles. The number of alkyl halides is 3. The van der Waals surface area contributed by atoms with Crippen LogP contribution in [0.5, 0.6) is 0 Å². The normalized spacial score (nSPS) is 14.5. The first-order valence-corrected chi connectivity index (χ1v) is 3.43. The molecule has 0 bridgehead atoms. The third kappa shape index (κ3) is 2.69. The smallest absolute Gasteiger partial charge is 0.383 e. The minimum atomic E-state index is -4.65. The van der Waals surface area contributed by atoms with E-state index in [2.05, 4.69) is 14.7 Å². The molecule has 0 fully saturated rings. The van der Waals surface area contributed by atoms with Crippen molar-refractivity contribution in [1.29, 1.82) is 0 Å². The molecule has 0 aliphatic heterocycles. The van der Waals surface area contributed by atoms with E-state index in [9.17, 15) is 13.2 Å². The van der Waals surface area contributed by atoms with Crippen molar-refractivity contribution in [2.45, 2.75) is 25.6 Å². The van der Waals surface area contributed by atoms with E-state index in [0.717, 1.165) is 0 Å². The van der Waals surface area contributed by atoms with Crippen molar-refractivity contribution in [3.8, 4) is 0 Å². The molecule has 1 unspecified atom stereocenters. The molecule has 0 saturated heterocycles. The van der Waals surface area contributed by atoms with Crippen molar-refractivity contribution in [2.24, 2.45) is 0 Å². The number of aliphatic hydroxyl groups excluding tert-OH is 1. The summed E-state index contributed by atoms with van der Waals surface area (Å²) in [4.78, 5) is 3.53. The van der Waals surface area contributed by atoms with Crippen LogP contribution in [0.1, 0.15) is 11.7 Å². The second-order valence-corrected chi connectivity index (χ2v) is 2.50. The third-order valence-electron chi connectivity index (χ3n) is 1.32. The van der Waals surface area contributed by atoms with Crippen LogP contribution in [0.2, 0.25) is 0 Å². The van der Waals surface area contributed by atoms with Crippen LogP contribution < -0.4 is 0 Å². The predicted octanol–water partition coefficient (Wildman–Crippen LogP) is 0.844. The summed E-state index contributed by atoms with van der Waals surface area (Å²) in [5.74, 6) is 0.0201. The van der Waals surface area contributed by atoms with Gasteiger partial charge in [-0.15, -0.1) is 0 Å². The highest BCUT2D eigenvalue weighted by atomic mass is 19.4. The Hall–Kier alpha value is -1.11. The number of aromatic nitrogens is 2. The van der Waals surface area contributed by atoms with Gasteiger partial charge in [-0.1, -0.05) is 5.16 Å². The molecule has 0 saturated carbocycles. The number of nitrogens with zero attached hydrogens (tertiary/aromatic N) is 2. The third-order valence-corrected chi connectivity index (χ3v) is 1.32.